The highest BCUT2D eigenvalue weighted by atomic mass is 16.6. The summed E-state index contributed by atoms with van der Waals surface area (Å²) in [5, 5.41) is 0. The van der Waals surface area contributed by atoms with Crippen molar-refractivity contribution in [1.82, 2.24) is 4.90 Å². The topological polar surface area (TPSA) is 81.9 Å². The van der Waals surface area contributed by atoms with E-state index in [2.05, 4.69) is 0 Å². The van der Waals surface area contributed by atoms with Gasteiger partial charge in [-0.2, -0.15) is 0 Å². The third-order valence-electron chi connectivity index (χ3n) is 4.31. The predicted octanol–water partition coefficient (Wildman–Crippen LogP) is 2.86. The van der Waals surface area contributed by atoms with Gasteiger partial charge >= 0.3 is 12.1 Å². The van der Waals surface area contributed by atoms with Crippen LogP contribution in [0.15, 0.2) is 18.2 Å². The molecule has 2 N–H and O–H groups in total. The van der Waals surface area contributed by atoms with E-state index in [0.29, 0.717) is 43.5 Å². The van der Waals surface area contributed by atoms with Crippen molar-refractivity contribution in [2.24, 2.45) is 5.92 Å². The van der Waals surface area contributed by atoms with E-state index in [1.54, 1.807) is 24.0 Å². The quantitative estimate of drug-likeness (QED) is 0.661. The van der Waals surface area contributed by atoms with Crippen LogP contribution in [0, 0.1) is 5.92 Å². The second-order valence-corrected chi connectivity index (χ2v) is 5.97. The van der Waals surface area contributed by atoms with E-state index in [0.717, 1.165) is 24.8 Å². The van der Waals surface area contributed by atoms with Crippen molar-refractivity contribution in [3.8, 4) is 0 Å². The highest BCUT2D eigenvalue weighted by Crippen LogP contribution is 2.25. The first-order chi connectivity index (χ1) is 11.5. The number of carbonyl (C=O) groups is 2. The second kappa shape index (κ2) is 8.57. The number of nitrogens with zero attached hydrogens (tertiary/aromatic N) is 1. The van der Waals surface area contributed by atoms with Crippen LogP contribution < -0.4 is 5.73 Å². The summed E-state index contributed by atoms with van der Waals surface area (Å²) in [4.78, 5) is 25.2. The van der Waals surface area contributed by atoms with Crippen molar-refractivity contribution in [2.75, 3.05) is 32.0 Å². The number of nitrogen functional groups attached to an aromatic ring is 1. The van der Waals surface area contributed by atoms with Crippen LogP contribution in [0.4, 0.5) is 10.5 Å². The Morgan fingerprint density at radius 1 is 1.17 bits per heavy atom. The standard InChI is InChI=1S/C18H26N2O4/c1-3-23-17(21)15-6-5-14(16(19)12-15)11-13-7-9-20(10-8-13)18(22)24-4-2/h5-6,12-13H,3-4,7-11,19H2,1-2H3. The highest BCUT2D eigenvalue weighted by molar-refractivity contribution is 5.90. The Labute approximate surface area is 142 Å². The van der Waals surface area contributed by atoms with Gasteiger partial charge in [-0.1, -0.05) is 6.07 Å². The third kappa shape index (κ3) is 4.63. The van der Waals surface area contributed by atoms with Gasteiger partial charge in [0.2, 0.25) is 0 Å². The minimum absolute atomic E-state index is 0.228. The predicted molar refractivity (Wildman–Crippen MR) is 91.8 cm³/mol. The van der Waals surface area contributed by atoms with Crippen LogP contribution in [0.1, 0.15) is 42.6 Å². The lowest BCUT2D eigenvalue weighted by Crippen LogP contribution is -2.39. The number of benzene rings is 1. The summed E-state index contributed by atoms with van der Waals surface area (Å²) in [7, 11) is 0. The largest absolute Gasteiger partial charge is 0.462 e. The van der Waals surface area contributed by atoms with E-state index < -0.39 is 0 Å². The minimum Gasteiger partial charge on any atom is -0.462 e. The molecule has 0 spiro atoms. The fourth-order valence-corrected chi connectivity index (χ4v) is 2.97. The van der Waals surface area contributed by atoms with Crippen molar-refractivity contribution in [2.45, 2.75) is 33.1 Å². The molecule has 6 nitrogen and oxygen atoms in total. The maximum atomic E-state index is 11.7. The molecule has 1 heterocycles. The average Bonchev–Trinajstić information content (AvgIpc) is 2.57. The van der Waals surface area contributed by atoms with Gasteiger partial charge < -0.3 is 20.1 Å². The van der Waals surface area contributed by atoms with E-state index >= 15 is 0 Å². The number of likely N-dealkylation sites (tertiary alicyclic amines) is 1. The number of anilines is 1. The number of esters is 1. The van der Waals surface area contributed by atoms with Gasteiger partial charge in [-0.15, -0.1) is 0 Å². The van der Waals surface area contributed by atoms with Crippen molar-refractivity contribution in [1.29, 1.82) is 0 Å². The normalized spacial score (nSPS) is 15.2. The van der Waals surface area contributed by atoms with Crippen molar-refractivity contribution < 1.29 is 19.1 Å². The number of rotatable bonds is 5. The minimum atomic E-state index is -0.349. The molecular weight excluding hydrogens is 308 g/mol. The lowest BCUT2D eigenvalue weighted by molar-refractivity contribution is 0.0526. The second-order valence-electron chi connectivity index (χ2n) is 5.97. The molecule has 0 radical (unpaired) electrons. The number of hydrogen-bond donors (Lipinski definition) is 1. The van der Waals surface area contributed by atoms with E-state index in [1.165, 1.54) is 0 Å². The van der Waals surface area contributed by atoms with Crippen LogP contribution >= 0.6 is 0 Å². The van der Waals surface area contributed by atoms with Crippen LogP contribution in [0.25, 0.3) is 0 Å². The number of amides is 1. The summed E-state index contributed by atoms with van der Waals surface area (Å²) < 4.78 is 10.0. The molecule has 1 aromatic rings. The lowest BCUT2D eigenvalue weighted by Gasteiger charge is -2.31. The van der Waals surface area contributed by atoms with Crippen molar-refractivity contribution in [3.05, 3.63) is 29.3 Å². The molecule has 1 saturated heterocycles. The SMILES string of the molecule is CCOC(=O)c1ccc(CC2CCN(C(=O)OCC)CC2)c(N)c1. The van der Waals surface area contributed by atoms with Gasteiger partial charge in [0.05, 0.1) is 18.8 Å². The molecule has 0 saturated carbocycles. The molecular formula is C18H26N2O4. The van der Waals surface area contributed by atoms with E-state index in [4.69, 9.17) is 15.2 Å². The Morgan fingerprint density at radius 3 is 2.42 bits per heavy atom. The maximum Gasteiger partial charge on any atom is 0.409 e. The molecule has 0 atom stereocenters. The monoisotopic (exact) mass is 334 g/mol. The first kappa shape index (κ1) is 18.1. The van der Waals surface area contributed by atoms with Gasteiger partial charge in [-0.25, -0.2) is 9.59 Å². The van der Waals surface area contributed by atoms with Gasteiger partial charge in [-0.05, 0) is 56.7 Å². The van der Waals surface area contributed by atoms with Crippen molar-refractivity contribution >= 4 is 17.7 Å². The van der Waals surface area contributed by atoms with Crippen LogP contribution in [-0.2, 0) is 15.9 Å². The summed E-state index contributed by atoms with van der Waals surface area (Å²) in [6.07, 6.45) is 2.48. The molecule has 2 rings (SSSR count). The molecule has 0 bridgehead atoms. The van der Waals surface area contributed by atoms with Gasteiger partial charge in [0.25, 0.3) is 0 Å². The molecule has 0 aliphatic carbocycles. The van der Waals surface area contributed by atoms with Crippen LogP contribution in [0.5, 0.6) is 0 Å². The molecule has 1 aliphatic heterocycles. The Hall–Kier alpha value is -2.24. The zero-order valence-electron chi connectivity index (χ0n) is 14.4. The first-order valence-corrected chi connectivity index (χ1v) is 8.52. The fraction of sp³-hybridized carbons (Fsp3) is 0.556. The number of nitrogens with two attached hydrogens (primary N) is 1. The molecule has 132 valence electrons. The van der Waals surface area contributed by atoms with Gasteiger partial charge in [0.15, 0.2) is 0 Å². The average molecular weight is 334 g/mol. The van der Waals surface area contributed by atoms with Crippen LogP contribution in [0.3, 0.4) is 0 Å². The molecule has 1 fully saturated rings. The van der Waals surface area contributed by atoms with E-state index in [1.807, 2.05) is 13.0 Å². The van der Waals surface area contributed by atoms with E-state index in [-0.39, 0.29) is 12.1 Å². The number of hydrogen-bond acceptors (Lipinski definition) is 5. The Kier molecular flexibility index (Phi) is 6.46. The van der Waals surface area contributed by atoms with Gasteiger partial charge in [0.1, 0.15) is 0 Å². The van der Waals surface area contributed by atoms with Gasteiger partial charge in [-0.3, -0.25) is 0 Å². The van der Waals surface area contributed by atoms with Crippen molar-refractivity contribution in [3.63, 3.8) is 0 Å². The Balaban J connectivity index is 1.91. The Morgan fingerprint density at radius 2 is 1.83 bits per heavy atom. The summed E-state index contributed by atoms with van der Waals surface area (Å²) >= 11 is 0. The zero-order valence-corrected chi connectivity index (χ0v) is 14.4. The van der Waals surface area contributed by atoms with E-state index in [9.17, 15) is 9.59 Å². The Bertz CT molecular complexity index is 580. The first-order valence-electron chi connectivity index (χ1n) is 8.52. The number of carbonyl (C=O) groups excluding carboxylic acids is 2. The zero-order chi connectivity index (χ0) is 17.5. The number of ether oxygens (including phenoxy) is 2. The molecule has 0 aromatic heterocycles. The molecule has 6 heteroatoms. The summed E-state index contributed by atoms with van der Waals surface area (Å²) in [5.74, 6) is 0.130. The van der Waals surface area contributed by atoms with Gasteiger partial charge in [0, 0.05) is 18.8 Å². The fourth-order valence-electron chi connectivity index (χ4n) is 2.97. The van der Waals surface area contributed by atoms with Crippen LogP contribution in [0.2, 0.25) is 0 Å². The maximum absolute atomic E-state index is 11.7. The molecule has 1 aliphatic rings. The lowest BCUT2D eigenvalue weighted by atomic mass is 9.89. The molecule has 24 heavy (non-hydrogen) atoms. The summed E-state index contributed by atoms with van der Waals surface area (Å²) in [5.41, 5.74) is 8.24. The molecule has 1 aromatic carbocycles. The number of piperidine rings is 1. The summed E-state index contributed by atoms with van der Waals surface area (Å²) in [6, 6.07) is 5.35. The third-order valence-corrected chi connectivity index (χ3v) is 4.31. The molecule has 0 unspecified atom stereocenters. The highest BCUT2D eigenvalue weighted by Gasteiger charge is 2.24. The van der Waals surface area contributed by atoms with Crippen LogP contribution in [-0.4, -0.2) is 43.3 Å². The smallest absolute Gasteiger partial charge is 0.409 e. The molecule has 1 amide bonds. The summed E-state index contributed by atoms with van der Waals surface area (Å²) in [6.45, 7) is 5.77.